The largest absolute Gasteiger partial charge is 0.268 e. The summed E-state index contributed by atoms with van der Waals surface area (Å²) in [5, 5.41) is 5.50. The minimum absolute atomic E-state index is 1.46. The molecule has 0 aliphatic carbocycles. The molecule has 0 amide bonds. The molecule has 0 fully saturated rings. The van der Waals surface area contributed by atoms with E-state index in [1.165, 1.54) is 6.33 Å². The van der Waals surface area contributed by atoms with E-state index in [0.29, 0.717) is 0 Å². The first-order chi connectivity index (χ1) is 2.00. The lowest BCUT2D eigenvalue weighted by Crippen LogP contribution is -1.73. The van der Waals surface area contributed by atoms with E-state index in [2.05, 4.69) is 14.9 Å². The molecule has 0 unspecified atom stereocenters. The molecule has 0 aliphatic heterocycles. The number of rotatable bonds is 0. The van der Waals surface area contributed by atoms with E-state index >= 15 is 0 Å². The van der Waals surface area contributed by atoms with Crippen LogP contribution in [0.2, 0.25) is 0 Å². The lowest BCUT2D eigenvalue weighted by molar-refractivity contribution is 0.223. The first-order valence-electron chi connectivity index (χ1n) is 0.934. The SMILES string of the molecule is c1no[nH]1. The maximum absolute atomic E-state index is 4.04. The minimum atomic E-state index is 1.46. The van der Waals surface area contributed by atoms with Crippen LogP contribution in [0.3, 0.4) is 0 Å². The van der Waals surface area contributed by atoms with Crippen LogP contribution < -0.4 is 0 Å². The average Bonchev–Trinajstić information content (AvgIpc) is 0.722. The van der Waals surface area contributed by atoms with Crippen molar-refractivity contribution in [2.24, 2.45) is 0 Å². The maximum Gasteiger partial charge on any atom is 0.168 e. The van der Waals surface area contributed by atoms with E-state index in [4.69, 9.17) is 0 Å². The predicted molar refractivity (Wildman–Crippen MR) is 10.9 cm³/mol. The second-order valence-corrected chi connectivity index (χ2v) is 0.444. The van der Waals surface area contributed by atoms with Gasteiger partial charge >= 0.3 is 0 Å². The van der Waals surface area contributed by atoms with Gasteiger partial charge in [0.15, 0.2) is 6.33 Å². The number of aromatic amines is 1. The van der Waals surface area contributed by atoms with Gasteiger partial charge in [-0.1, -0.05) is 0 Å². The molecule has 0 aliphatic rings. The van der Waals surface area contributed by atoms with Crippen molar-refractivity contribution >= 4 is 0 Å². The molecule has 0 radical (unpaired) electrons. The molecule has 0 aromatic carbocycles. The van der Waals surface area contributed by atoms with Gasteiger partial charge in [0.2, 0.25) is 0 Å². The Kier molecular flexibility index (Phi) is 0.135. The predicted octanol–water partition coefficient (Wildman–Crippen LogP) is 0.00270. The Balaban J connectivity index is 3.00. The average molecular weight is 58.0 g/mol. The highest BCUT2D eigenvalue weighted by molar-refractivity contribution is 4.20. The van der Waals surface area contributed by atoms with Gasteiger partial charge in [0.1, 0.15) is 0 Å². The lowest BCUT2D eigenvalue weighted by atomic mass is 11.4. The van der Waals surface area contributed by atoms with Crippen LogP contribution in [0.5, 0.6) is 0 Å². The zero-order valence-electron chi connectivity index (χ0n) is 1.93. The molecule has 0 spiro atoms. The summed E-state index contributed by atoms with van der Waals surface area (Å²) in [6, 6.07) is 0. The van der Waals surface area contributed by atoms with E-state index < -0.39 is 0 Å². The molecular weight excluding hydrogens is 56.0 g/mol. The summed E-state index contributed by atoms with van der Waals surface area (Å²) in [6.07, 6.45) is 1.46. The van der Waals surface area contributed by atoms with Crippen LogP contribution >= 0.6 is 0 Å². The van der Waals surface area contributed by atoms with E-state index in [1.807, 2.05) is 0 Å². The molecule has 4 heavy (non-hydrogen) atoms. The lowest BCUT2D eigenvalue weighted by Gasteiger charge is -1.73. The van der Waals surface area contributed by atoms with Crippen molar-refractivity contribution in [3.8, 4) is 0 Å². The van der Waals surface area contributed by atoms with E-state index in [9.17, 15) is 0 Å². The van der Waals surface area contributed by atoms with Crippen molar-refractivity contribution < 1.29 is 4.63 Å². The molecule has 22 valence electrons. The molecule has 0 atom stereocenters. The van der Waals surface area contributed by atoms with Crippen molar-refractivity contribution in [1.29, 1.82) is 0 Å². The molecule has 1 N–H and O–H groups in total. The van der Waals surface area contributed by atoms with Crippen LogP contribution in [0.4, 0.5) is 0 Å². The fourth-order valence-corrected chi connectivity index (χ4v) is 0.0527. The zero-order valence-corrected chi connectivity index (χ0v) is 1.93. The molecule has 3 heteroatoms. The third kappa shape index (κ3) is 0.00866. The van der Waals surface area contributed by atoms with Crippen molar-refractivity contribution in [2.75, 3.05) is 0 Å². The Morgan fingerprint density at radius 3 is 2.25 bits per heavy atom. The molecule has 0 bridgehead atoms. The Hall–Kier alpha value is -0.730. The summed E-state index contributed by atoms with van der Waals surface area (Å²) in [4.78, 5) is 0. The summed E-state index contributed by atoms with van der Waals surface area (Å²) < 4.78 is 4.04. The Morgan fingerprint density at radius 1 is 2.00 bits per heavy atom. The van der Waals surface area contributed by atoms with E-state index in [0.717, 1.165) is 0 Å². The number of nitrogens with one attached hydrogen (secondary N) is 1. The third-order valence-electron chi connectivity index (χ3n) is 0.211. The fourth-order valence-electron chi connectivity index (χ4n) is 0.0527. The second kappa shape index (κ2) is 0.342. The second-order valence-electron chi connectivity index (χ2n) is 0.444. The van der Waals surface area contributed by atoms with Crippen molar-refractivity contribution in [1.82, 2.24) is 10.3 Å². The Bertz CT molecular complexity index is 47.8. The molecule has 1 rings (SSSR count). The Morgan fingerprint density at radius 2 is 2.25 bits per heavy atom. The Labute approximate surface area is 22.6 Å². The van der Waals surface area contributed by atoms with Gasteiger partial charge < -0.3 is 0 Å². The summed E-state index contributed by atoms with van der Waals surface area (Å²) in [5.74, 6) is 0. The zero-order chi connectivity index (χ0) is 2.83. The van der Waals surface area contributed by atoms with Gasteiger partial charge in [-0.05, 0) is 5.16 Å². The van der Waals surface area contributed by atoms with Gasteiger partial charge in [-0.25, -0.2) is 0 Å². The monoisotopic (exact) mass is 58.0 g/mol. The van der Waals surface area contributed by atoms with Gasteiger partial charge in [-0.3, -0.25) is 4.63 Å². The highest BCUT2D eigenvalue weighted by Gasteiger charge is 1.57. The quantitative estimate of drug-likeness (QED) is 0.456. The van der Waals surface area contributed by atoms with Crippen LogP contribution in [0.25, 0.3) is 0 Å². The standard InChI is InChI=1S/CH2N2O/c1-2-4-3-1/h1H,(H,2,3). The summed E-state index contributed by atoms with van der Waals surface area (Å²) >= 11 is 0. The first kappa shape index (κ1) is 1.58. The van der Waals surface area contributed by atoms with Gasteiger partial charge in [0, 0.05) is 0 Å². The topological polar surface area (TPSA) is 41.8 Å². The van der Waals surface area contributed by atoms with Crippen LogP contribution in [-0.2, 0) is 0 Å². The van der Waals surface area contributed by atoms with Crippen molar-refractivity contribution in [2.45, 2.75) is 0 Å². The van der Waals surface area contributed by atoms with E-state index in [-0.39, 0.29) is 0 Å². The van der Waals surface area contributed by atoms with E-state index in [1.54, 1.807) is 0 Å². The number of nitrogens with zero attached hydrogens (tertiary/aromatic N) is 1. The summed E-state index contributed by atoms with van der Waals surface area (Å²) in [6.45, 7) is 0. The van der Waals surface area contributed by atoms with Gasteiger partial charge in [-0.15, -0.1) is 0 Å². The summed E-state index contributed by atoms with van der Waals surface area (Å²) in [5.41, 5.74) is 0. The number of H-pyrrole nitrogens is 1. The van der Waals surface area contributed by atoms with Crippen LogP contribution in [-0.4, -0.2) is 10.3 Å². The molecule has 3 nitrogen and oxygen atoms in total. The van der Waals surface area contributed by atoms with Crippen LogP contribution in [0.1, 0.15) is 0 Å². The van der Waals surface area contributed by atoms with Gasteiger partial charge in [0.25, 0.3) is 0 Å². The number of aromatic nitrogens is 2. The molecular formula is CH2N2O. The number of hydrogen-bond donors (Lipinski definition) is 1. The van der Waals surface area contributed by atoms with Crippen molar-refractivity contribution in [3.63, 3.8) is 0 Å². The third-order valence-corrected chi connectivity index (χ3v) is 0.211. The smallest absolute Gasteiger partial charge is 0.168 e. The fraction of sp³-hybridized carbons (Fsp3) is 0. The molecule has 1 heterocycles. The highest BCUT2D eigenvalue weighted by Crippen LogP contribution is 1.57. The molecule has 1 aromatic rings. The molecule has 0 saturated carbocycles. The normalized spacial score (nSPS) is 8.00. The number of hydrogen-bond acceptors (Lipinski definition) is 2. The first-order valence-corrected chi connectivity index (χ1v) is 0.934. The van der Waals surface area contributed by atoms with Crippen LogP contribution in [0.15, 0.2) is 11.0 Å². The summed E-state index contributed by atoms with van der Waals surface area (Å²) in [7, 11) is 0. The molecule has 0 saturated heterocycles. The highest BCUT2D eigenvalue weighted by atomic mass is 16.6. The minimum Gasteiger partial charge on any atom is -0.268 e. The van der Waals surface area contributed by atoms with Gasteiger partial charge in [0.05, 0.1) is 0 Å². The maximum atomic E-state index is 4.04. The molecule has 1 aromatic heterocycles. The van der Waals surface area contributed by atoms with Crippen molar-refractivity contribution in [3.05, 3.63) is 6.33 Å². The van der Waals surface area contributed by atoms with Gasteiger partial charge in [-0.2, -0.15) is 5.16 Å². The van der Waals surface area contributed by atoms with Crippen LogP contribution in [0, 0.1) is 0 Å².